The molecule has 2 aliphatic heterocycles. The number of hydrogen-bond donors (Lipinski definition) is 0. The van der Waals surface area contributed by atoms with Crippen molar-refractivity contribution in [3.05, 3.63) is 34.9 Å². The van der Waals surface area contributed by atoms with Crippen molar-refractivity contribution in [3.63, 3.8) is 0 Å². The van der Waals surface area contributed by atoms with Crippen molar-refractivity contribution in [2.45, 2.75) is 51.6 Å². The van der Waals surface area contributed by atoms with Gasteiger partial charge in [-0.1, -0.05) is 43.5 Å². The second-order valence-electron chi connectivity index (χ2n) is 7.06. The zero-order valence-corrected chi connectivity index (χ0v) is 15.7. The summed E-state index contributed by atoms with van der Waals surface area (Å²) in [7, 11) is 0. The van der Waals surface area contributed by atoms with E-state index in [4.69, 9.17) is 30.5 Å². The van der Waals surface area contributed by atoms with Crippen molar-refractivity contribution in [1.82, 2.24) is 0 Å². The SMILES string of the molecule is CCCC[C@H]1CO[C@H]([C@H]2CO[C@H](CCc3ccc(Cl)cc3)OC2)OC1. The van der Waals surface area contributed by atoms with Crippen molar-refractivity contribution in [2.75, 3.05) is 26.4 Å². The van der Waals surface area contributed by atoms with Gasteiger partial charge in [-0.15, -0.1) is 0 Å². The molecule has 0 radical (unpaired) electrons. The molecule has 5 heteroatoms. The summed E-state index contributed by atoms with van der Waals surface area (Å²) in [6.07, 6.45) is 5.09. The predicted octanol–water partition coefficient (Wildman–Crippen LogP) is 4.44. The minimum absolute atomic E-state index is 0.146. The average molecular weight is 369 g/mol. The highest BCUT2D eigenvalue weighted by atomic mass is 35.5. The van der Waals surface area contributed by atoms with Gasteiger partial charge in [0, 0.05) is 17.4 Å². The summed E-state index contributed by atoms with van der Waals surface area (Å²) in [5, 5.41) is 0.765. The maximum Gasteiger partial charge on any atom is 0.164 e. The van der Waals surface area contributed by atoms with Gasteiger partial charge in [0.05, 0.1) is 32.3 Å². The highest BCUT2D eigenvalue weighted by Crippen LogP contribution is 2.25. The minimum Gasteiger partial charge on any atom is -0.352 e. The van der Waals surface area contributed by atoms with Gasteiger partial charge in [0.2, 0.25) is 0 Å². The summed E-state index contributed by atoms with van der Waals surface area (Å²) in [5.74, 6) is 0.702. The van der Waals surface area contributed by atoms with E-state index in [1.165, 1.54) is 24.8 Å². The predicted molar refractivity (Wildman–Crippen MR) is 97.7 cm³/mol. The Labute approximate surface area is 155 Å². The Hall–Kier alpha value is -0.650. The summed E-state index contributed by atoms with van der Waals surface area (Å²) in [6, 6.07) is 7.93. The Balaban J connectivity index is 1.34. The van der Waals surface area contributed by atoms with Crippen LogP contribution in [0.2, 0.25) is 5.02 Å². The molecule has 0 spiro atoms. The summed E-state index contributed by atoms with van der Waals surface area (Å²) >= 11 is 5.91. The highest BCUT2D eigenvalue weighted by molar-refractivity contribution is 6.30. The van der Waals surface area contributed by atoms with Crippen LogP contribution in [0.4, 0.5) is 0 Å². The van der Waals surface area contributed by atoms with E-state index in [1.807, 2.05) is 24.3 Å². The topological polar surface area (TPSA) is 36.9 Å². The molecule has 140 valence electrons. The number of halogens is 1. The van der Waals surface area contributed by atoms with E-state index in [0.29, 0.717) is 19.1 Å². The largest absolute Gasteiger partial charge is 0.352 e. The molecule has 4 nitrogen and oxygen atoms in total. The molecule has 2 fully saturated rings. The average Bonchev–Trinajstić information content (AvgIpc) is 2.67. The van der Waals surface area contributed by atoms with E-state index < -0.39 is 0 Å². The van der Waals surface area contributed by atoms with Crippen LogP contribution < -0.4 is 0 Å². The minimum atomic E-state index is -0.185. The molecule has 2 saturated heterocycles. The van der Waals surface area contributed by atoms with Gasteiger partial charge in [-0.25, -0.2) is 0 Å². The van der Waals surface area contributed by atoms with E-state index in [2.05, 4.69) is 6.92 Å². The van der Waals surface area contributed by atoms with Crippen molar-refractivity contribution >= 4 is 11.6 Å². The van der Waals surface area contributed by atoms with Crippen molar-refractivity contribution < 1.29 is 18.9 Å². The molecule has 2 aliphatic rings. The van der Waals surface area contributed by atoms with Crippen LogP contribution in [-0.2, 0) is 25.4 Å². The molecule has 1 aromatic rings. The van der Waals surface area contributed by atoms with Gasteiger partial charge in [0.1, 0.15) is 0 Å². The molecule has 0 aromatic heterocycles. The number of rotatable bonds is 7. The zero-order valence-electron chi connectivity index (χ0n) is 15.0. The molecule has 1 aromatic carbocycles. The van der Waals surface area contributed by atoms with Gasteiger partial charge in [0.15, 0.2) is 12.6 Å². The van der Waals surface area contributed by atoms with Crippen LogP contribution in [0.5, 0.6) is 0 Å². The first-order chi connectivity index (χ1) is 12.2. The summed E-state index contributed by atoms with van der Waals surface area (Å²) in [5.41, 5.74) is 1.25. The summed E-state index contributed by atoms with van der Waals surface area (Å²) in [4.78, 5) is 0. The number of ether oxygens (including phenoxy) is 4. The van der Waals surface area contributed by atoms with Crippen LogP contribution in [0.1, 0.15) is 38.2 Å². The second kappa shape index (κ2) is 9.89. The fourth-order valence-electron chi connectivity index (χ4n) is 3.31. The summed E-state index contributed by atoms with van der Waals surface area (Å²) in [6.45, 7) is 5.07. The lowest BCUT2D eigenvalue weighted by atomic mass is 10.0. The van der Waals surface area contributed by atoms with Gasteiger partial charge in [-0.05, 0) is 30.5 Å². The van der Waals surface area contributed by atoms with Crippen LogP contribution >= 0.6 is 11.6 Å². The smallest absolute Gasteiger partial charge is 0.164 e. The first-order valence-corrected chi connectivity index (χ1v) is 9.83. The third-order valence-corrected chi connectivity index (χ3v) is 5.17. The van der Waals surface area contributed by atoms with Crippen LogP contribution in [0.15, 0.2) is 24.3 Å². The van der Waals surface area contributed by atoms with E-state index in [-0.39, 0.29) is 18.5 Å². The monoisotopic (exact) mass is 368 g/mol. The lowest BCUT2D eigenvalue weighted by molar-refractivity contribution is -0.281. The normalized spacial score (nSPS) is 30.3. The van der Waals surface area contributed by atoms with Crippen LogP contribution in [-0.4, -0.2) is 39.0 Å². The first kappa shape index (κ1) is 19.1. The third-order valence-electron chi connectivity index (χ3n) is 4.92. The molecule has 2 heterocycles. The van der Waals surface area contributed by atoms with Crippen LogP contribution in [0, 0.1) is 11.8 Å². The number of benzene rings is 1. The lowest BCUT2D eigenvalue weighted by Crippen LogP contribution is -2.44. The Morgan fingerprint density at radius 1 is 0.920 bits per heavy atom. The fourth-order valence-corrected chi connectivity index (χ4v) is 3.43. The second-order valence-corrected chi connectivity index (χ2v) is 7.50. The van der Waals surface area contributed by atoms with E-state index in [0.717, 1.165) is 31.1 Å². The van der Waals surface area contributed by atoms with E-state index in [9.17, 15) is 0 Å². The number of hydrogen-bond acceptors (Lipinski definition) is 4. The molecule has 0 bridgehead atoms. The molecule has 0 unspecified atom stereocenters. The first-order valence-electron chi connectivity index (χ1n) is 9.45. The maximum absolute atomic E-state index is 5.91. The Kier molecular flexibility index (Phi) is 7.56. The Morgan fingerprint density at radius 3 is 2.24 bits per heavy atom. The lowest BCUT2D eigenvalue weighted by Gasteiger charge is -2.37. The molecule has 0 atom stereocenters. The molecular weight excluding hydrogens is 340 g/mol. The van der Waals surface area contributed by atoms with E-state index in [1.54, 1.807) is 0 Å². The van der Waals surface area contributed by atoms with Gasteiger partial charge in [0.25, 0.3) is 0 Å². The van der Waals surface area contributed by atoms with Crippen molar-refractivity contribution in [2.24, 2.45) is 11.8 Å². The molecular formula is C20H29ClO4. The zero-order chi connectivity index (χ0) is 17.5. The molecule has 0 amide bonds. The van der Waals surface area contributed by atoms with Crippen LogP contribution in [0.3, 0.4) is 0 Å². The molecule has 25 heavy (non-hydrogen) atoms. The Bertz CT molecular complexity index is 491. The van der Waals surface area contributed by atoms with E-state index >= 15 is 0 Å². The highest BCUT2D eigenvalue weighted by Gasteiger charge is 2.33. The number of aryl methyl sites for hydroxylation is 1. The van der Waals surface area contributed by atoms with Gasteiger partial charge < -0.3 is 18.9 Å². The molecule has 0 saturated carbocycles. The number of unbranched alkanes of at least 4 members (excludes halogenated alkanes) is 1. The van der Waals surface area contributed by atoms with Gasteiger partial charge in [-0.3, -0.25) is 0 Å². The van der Waals surface area contributed by atoms with Gasteiger partial charge >= 0.3 is 0 Å². The third kappa shape index (κ3) is 5.93. The summed E-state index contributed by atoms with van der Waals surface area (Å²) < 4.78 is 23.6. The molecule has 0 N–H and O–H groups in total. The van der Waals surface area contributed by atoms with Crippen molar-refractivity contribution in [1.29, 1.82) is 0 Å². The maximum atomic E-state index is 5.91. The van der Waals surface area contributed by atoms with Crippen molar-refractivity contribution in [3.8, 4) is 0 Å². The standard InChI is InChI=1S/C20H29ClO4/c1-2-3-4-16-11-24-20(25-12-16)17-13-22-19(23-14-17)10-7-15-5-8-18(21)9-6-15/h5-6,8-9,16-17,19-20H,2-4,7,10-14H2,1H3/t16-,17-,19-,20-. The van der Waals surface area contributed by atoms with Crippen LogP contribution in [0.25, 0.3) is 0 Å². The quantitative estimate of drug-likeness (QED) is 0.712. The Morgan fingerprint density at radius 2 is 1.60 bits per heavy atom. The fraction of sp³-hybridized carbons (Fsp3) is 0.700. The molecule has 0 aliphatic carbocycles. The molecule has 3 rings (SSSR count). The van der Waals surface area contributed by atoms with Gasteiger partial charge in [-0.2, -0.15) is 0 Å².